The van der Waals surface area contributed by atoms with E-state index in [1.54, 1.807) is 18.2 Å². The fourth-order valence-electron chi connectivity index (χ4n) is 0.768. The second kappa shape index (κ2) is 5.03. The predicted molar refractivity (Wildman–Crippen MR) is 62.5 cm³/mol. The minimum absolute atomic E-state index is 0.479. The molecule has 0 saturated heterocycles. The Morgan fingerprint density at radius 3 is 2.69 bits per heavy atom. The fourth-order valence-corrected chi connectivity index (χ4v) is 1.83. The van der Waals surface area contributed by atoms with E-state index in [0.717, 1.165) is 14.7 Å². The summed E-state index contributed by atoms with van der Waals surface area (Å²) in [6.07, 6.45) is 1.69. The second-order valence-electron chi connectivity index (χ2n) is 2.27. The maximum atomic E-state index is 5.87. The Bertz CT molecular complexity index is 326. The third-order valence-electron chi connectivity index (χ3n) is 1.36. The molecule has 0 bridgehead atoms. The summed E-state index contributed by atoms with van der Waals surface area (Å²) in [5.41, 5.74) is 0. The van der Waals surface area contributed by atoms with Crippen LogP contribution in [0.4, 0.5) is 0 Å². The second-order valence-corrected chi connectivity index (χ2v) is 4.27. The van der Waals surface area contributed by atoms with Crippen LogP contribution in [0.25, 0.3) is 0 Å². The summed E-state index contributed by atoms with van der Waals surface area (Å²) in [5.74, 6) is 0.746. The first-order valence-corrected chi connectivity index (χ1v) is 5.50. The van der Waals surface area contributed by atoms with Crippen LogP contribution < -0.4 is 4.74 Å². The van der Waals surface area contributed by atoms with Gasteiger partial charge in [0, 0.05) is 0 Å². The van der Waals surface area contributed by atoms with E-state index >= 15 is 0 Å². The van der Waals surface area contributed by atoms with Gasteiger partial charge in [0.25, 0.3) is 0 Å². The van der Waals surface area contributed by atoms with Crippen LogP contribution in [0.15, 0.2) is 33.7 Å². The minimum Gasteiger partial charge on any atom is -0.488 e. The first-order chi connectivity index (χ1) is 6.16. The van der Waals surface area contributed by atoms with Gasteiger partial charge in [0.05, 0.1) is 14.0 Å². The molecular weight excluding hydrogens is 319 g/mol. The van der Waals surface area contributed by atoms with Crippen molar-refractivity contribution >= 4 is 43.5 Å². The van der Waals surface area contributed by atoms with Gasteiger partial charge >= 0.3 is 0 Å². The van der Waals surface area contributed by atoms with Gasteiger partial charge in [-0.3, -0.25) is 0 Å². The van der Waals surface area contributed by atoms with Gasteiger partial charge in [-0.05, 0) is 44.0 Å². The molecule has 0 unspecified atom stereocenters. The summed E-state index contributed by atoms with van der Waals surface area (Å²) >= 11 is 12.6. The van der Waals surface area contributed by atoms with Crippen LogP contribution in [0.5, 0.6) is 5.75 Å². The van der Waals surface area contributed by atoms with Gasteiger partial charge in [-0.25, -0.2) is 0 Å². The molecular formula is C9H7Br2ClO. The van der Waals surface area contributed by atoms with E-state index in [4.69, 9.17) is 16.3 Å². The summed E-state index contributed by atoms with van der Waals surface area (Å²) in [5, 5.41) is 0.651. The molecule has 1 rings (SSSR count). The SMILES string of the molecule is C=CCOc1ccc(Cl)c(Br)c1Br. The number of benzene rings is 1. The highest BCUT2D eigenvalue weighted by molar-refractivity contribution is 9.13. The van der Waals surface area contributed by atoms with Crippen LogP contribution in [0.2, 0.25) is 5.02 Å². The first kappa shape index (κ1) is 11.1. The molecule has 0 amide bonds. The average molecular weight is 326 g/mol. The lowest BCUT2D eigenvalue weighted by molar-refractivity contribution is 0.360. The molecule has 0 saturated carbocycles. The van der Waals surface area contributed by atoms with E-state index in [0.29, 0.717) is 11.6 Å². The molecule has 1 nitrogen and oxygen atoms in total. The van der Waals surface area contributed by atoms with E-state index in [9.17, 15) is 0 Å². The molecule has 0 atom stereocenters. The molecule has 0 heterocycles. The normalized spacial score (nSPS) is 9.77. The van der Waals surface area contributed by atoms with Crippen molar-refractivity contribution in [3.8, 4) is 5.75 Å². The lowest BCUT2D eigenvalue weighted by Crippen LogP contribution is -1.93. The van der Waals surface area contributed by atoms with Gasteiger partial charge in [-0.1, -0.05) is 24.3 Å². The molecule has 0 radical (unpaired) electrons. The third-order valence-corrected chi connectivity index (χ3v) is 4.04. The molecule has 4 heteroatoms. The highest BCUT2D eigenvalue weighted by atomic mass is 79.9. The van der Waals surface area contributed by atoms with Crippen LogP contribution in [0, 0.1) is 0 Å². The molecule has 1 aromatic carbocycles. The molecule has 0 spiro atoms. The molecule has 0 N–H and O–H groups in total. The Hall–Kier alpha value is 0.01000. The lowest BCUT2D eigenvalue weighted by Gasteiger charge is -2.07. The number of ether oxygens (including phenoxy) is 1. The van der Waals surface area contributed by atoms with Crippen molar-refractivity contribution in [2.45, 2.75) is 0 Å². The first-order valence-electron chi connectivity index (χ1n) is 3.54. The minimum atomic E-state index is 0.479. The van der Waals surface area contributed by atoms with Crippen LogP contribution in [-0.4, -0.2) is 6.61 Å². The Morgan fingerprint density at radius 2 is 2.08 bits per heavy atom. The van der Waals surface area contributed by atoms with E-state index in [1.807, 2.05) is 0 Å². The molecule has 0 aliphatic heterocycles. The van der Waals surface area contributed by atoms with E-state index in [2.05, 4.69) is 38.4 Å². The highest BCUT2D eigenvalue weighted by Crippen LogP contribution is 2.37. The standard InChI is InChI=1S/C9H7Br2ClO/c1-2-5-13-7-4-3-6(12)8(10)9(7)11/h2-4H,1,5H2. The Kier molecular flexibility index (Phi) is 4.29. The number of hydrogen-bond acceptors (Lipinski definition) is 1. The summed E-state index contributed by atoms with van der Waals surface area (Å²) in [6, 6.07) is 3.58. The zero-order valence-corrected chi connectivity index (χ0v) is 10.6. The molecule has 0 aliphatic rings. The van der Waals surface area contributed by atoms with Crippen LogP contribution >= 0.6 is 43.5 Å². The molecule has 0 aromatic heterocycles. The average Bonchev–Trinajstić information content (AvgIpc) is 2.13. The smallest absolute Gasteiger partial charge is 0.135 e. The van der Waals surface area contributed by atoms with Crippen LogP contribution in [0.3, 0.4) is 0 Å². The Morgan fingerprint density at radius 1 is 1.38 bits per heavy atom. The van der Waals surface area contributed by atoms with Crippen LogP contribution in [0.1, 0.15) is 0 Å². The zero-order valence-electron chi connectivity index (χ0n) is 6.69. The van der Waals surface area contributed by atoms with Crippen molar-refractivity contribution in [3.05, 3.63) is 38.8 Å². The van der Waals surface area contributed by atoms with Gasteiger partial charge in [0.2, 0.25) is 0 Å². The van der Waals surface area contributed by atoms with Gasteiger partial charge in [-0.15, -0.1) is 0 Å². The summed E-state index contributed by atoms with van der Waals surface area (Å²) in [6.45, 7) is 4.05. The van der Waals surface area contributed by atoms with Crippen LogP contribution in [-0.2, 0) is 0 Å². The Balaban J connectivity index is 2.96. The number of rotatable bonds is 3. The van der Waals surface area contributed by atoms with E-state index < -0.39 is 0 Å². The third kappa shape index (κ3) is 2.73. The molecule has 70 valence electrons. The molecule has 1 aromatic rings. The quantitative estimate of drug-likeness (QED) is 0.590. The number of hydrogen-bond donors (Lipinski definition) is 0. The molecule has 0 fully saturated rings. The van der Waals surface area contributed by atoms with Gasteiger partial charge in [0.15, 0.2) is 0 Å². The van der Waals surface area contributed by atoms with Gasteiger partial charge < -0.3 is 4.74 Å². The number of halogens is 3. The summed E-state index contributed by atoms with van der Waals surface area (Å²) < 4.78 is 6.99. The van der Waals surface area contributed by atoms with Crippen molar-refractivity contribution < 1.29 is 4.74 Å². The zero-order chi connectivity index (χ0) is 9.84. The van der Waals surface area contributed by atoms with Crippen molar-refractivity contribution in [1.29, 1.82) is 0 Å². The van der Waals surface area contributed by atoms with Gasteiger partial charge in [-0.2, -0.15) is 0 Å². The predicted octanol–water partition coefficient (Wildman–Crippen LogP) is 4.43. The van der Waals surface area contributed by atoms with Crippen molar-refractivity contribution in [3.63, 3.8) is 0 Å². The largest absolute Gasteiger partial charge is 0.488 e. The maximum Gasteiger partial charge on any atom is 0.135 e. The van der Waals surface area contributed by atoms with E-state index in [1.165, 1.54) is 0 Å². The molecule has 0 aliphatic carbocycles. The maximum absolute atomic E-state index is 5.87. The fraction of sp³-hybridized carbons (Fsp3) is 0.111. The Labute approximate surface area is 99.0 Å². The van der Waals surface area contributed by atoms with Crippen molar-refractivity contribution in [2.24, 2.45) is 0 Å². The van der Waals surface area contributed by atoms with Crippen molar-refractivity contribution in [1.82, 2.24) is 0 Å². The monoisotopic (exact) mass is 324 g/mol. The summed E-state index contributed by atoms with van der Waals surface area (Å²) in [7, 11) is 0. The lowest BCUT2D eigenvalue weighted by atomic mass is 10.3. The van der Waals surface area contributed by atoms with Gasteiger partial charge in [0.1, 0.15) is 12.4 Å². The van der Waals surface area contributed by atoms with Crippen molar-refractivity contribution in [2.75, 3.05) is 6.61 Å². The summed E-state index contributed by atoms with van der Waals surface area (Å²) in [4.78, 5) is 0. The van der Waals surface area contributed by atoms with E-state index in [-0.39, 0.29) is 0 Å². The highest BCUT2D eigenvalue weighted by Gasteiger charge is 2.07. The molecule has 13 heavy (non-hydrogen) atoms. The topological polar surface area (TPSA) is 9.23 Å².